The van der Waals surface area contributed by atoms with Gasteiger partial charge in [0.2, 0.25) is 0 Å². The monoisotopic (exact) mass is 394 g/mol. The fraction of sp³-hybridized carbons (Fsp3) is 0.783. The molecule has 0 heterocycles. The molecular formula is C23H38O5. The Kier molecular flexibility index (Phi) is 7.51. The molecule has 0 aromatic heterocycles. The number of carbonyl (C=O) groups excluding carboxylic acids is 1. The lowest BCUT2D eigenvalue weighted by Crippen LogP contribution is -2.55. The summed E-state index contributed by atoms with van der Waals surface area (Å²) in [6.07, 6.45) is 7.19. The summed E-state index contributed by atoms with van der Waals surface area (Å²) in [5.74, 6) is 0.229. The Morgan fingerprint density at radius 1 is 1.43 bits per heavy atom. The lowest BCUT2D eigenvalue weighted by molar-refractivity contribution is -0.141. The molecule has 6 unspecified atom stereocenters. The number of esters is 1. The van der Waals surface area contributed by atoms with Gasteiger partial charge in [0.1, 0.15) is 12.7 Å². The fourth-order valence-corrected chi connectivity index (χ4v) is 5.44. The molecular weight excluding hydrogens is 356 g/mol. The van der Waals surface area contributed by atoms with Crippen LogP contribution in [0.5, 0.6) is 0 Å². The second kappa shape index (κ2) is 9.10. The standard InChI is InChI=1S/C23H38O5/c1-15(11-21(27)28-14-18(25)13-24)9-10-22(4)17(3)19(26)12-23(5)16(2)7-6-8-20(22)23/h7,11,17-20,24-26H,6,8-10,12-14H2,1-5H3. The maximum atomic E-state index is 11.9. The summed E-state index contributed by atoms with van der Waals surface area (Å²) in [4.78, 5) is 11.9. The number of rotatable bonds is 7. The predicted octanol–water partition coefficient (Wildman–Crippen LogP) is 3.38. The quantitative estimate of drug-likeness (QED) is 0.350. The van der Waals surface area contributed by atoms with Crippen molar-refractivity contribution in [2.24, 2.45) is 22.7 Å². The number of fused-ring (bicyclic) bond motifs is 1. The molecule has 28 heavy (non-hydrogen) atoms. The molecule has 1 fully saturated rings. The first kappa shape index (κ1) is 23.1. The predicted molar refractivity (Wildman–Crippen MR) is 110 cm³/mol. The number of hydrogen-bond acceptors (Lipinski definition) is 5. The number of ether oxygens (including phenoxy) is 1. The van der Waals surface area contributed by atoms with Crippen LogP contribution in [0.25, 0.3) is 0 Å². The van der Waals surface area contributed by atoms with E-state index in [1.165, 1.54) is 11.6 Å². The highest BCUT2D eigenvalue weighted by Crippen LogP contribution is 2.61. The minimum atomic E-state index is -1.04. The third kappa shape index (κ3) is 4.69. The smallest absolute Gasteiger partial charge is 0.330 e. The first-order valence-corrected chi connectivity index (χ1v) is 10.5. The van der Waals surface area contributed by atoms with Crippen LogP contribution in [0.1, 0.15) is 66.7 Å². The Bertz CT molecular complexity index is 624. The summed E-state index contributed by atoms with van der Waals surface area (Å²) < 4.78 is 4.96. The average Bonchev–Trinajstić information content (AvgIpc) is 2.64. The van der Waals surface area contributed by atoms with E-state index in [9.17, 15) is 15.0 Å². The van der Waals surface area contributed by atoms with Gasteiger partial charge >= 0.3 is 5.97 Å². The molecule has 0 aromatic rings. The first-order chi connectivity index (χ1) is 13.0. The van der Waals surface area contributed by atoms with Gasteiger partial charge in [-0.1, -0.05) is 38.0 Å². The number of aliphatic hydroxyl groups excluding tert-OH is 3. The van der Waals surface area contributed by atoms with E-state index in [2.05, 4.69) is 33.8 Å². The van der Waals surface area contributed by atoms with Crippen molar-refractivity contribution in [3.63, 3.8) is 0 Å². The Labute approximate surface area is 169 Å². The topological polar surface area (TPSA) is 87.0 Å². The molecule has 0 saturated heterocycles. The number of hydrogen-bond donors (Lipinski definition) is 3. The third-order valence-corrected chi connectivity index (χ3v) is 7.67. The highest BCUT2D eigenvalue weighted by molar-refractivity contribution is 5.82. The molecule has 0 spiro atoms. The molecule has 2 rings (SSSR count). The molecule has 0 bridgehead atoms. The molecule has 3 N–H and O–H groups in total. The van der Waals surface area contributed by atoms with Gasteiger partial charge < -0.3 is 20.1 Å². The van der Waals surface area contributed by atoms with Crippen LogP contribution >= 0.6 is 0 Å². The van der Waals surface area contributed by atoms with Crippen LogP contribution in [0.3, 0.4) is 0 Å². The van der Waals surface area contributed by atoms with E-state index >= 15 is 0 Å². The van der Waals surface area contributed by atoms with Crippen molar-refractivity contribution in [2.45, 2.75) is 78.9 Å². The van der Waals surface area contributed by atoms with Crippen LogP contribution < -0.4 is 0 Å². The Hall–Kier alpha value is -1.17. The van der Waals surface area contributed by atoms with Crippen molar-refractivity contribution in [3.05, 3.63) is 23.3 Å². The summed E-state index contributed by atoms with van der Waals surface area (Å²) in [5.41, 5.74) is 2.37. The summed E-state index contributed by atoms with van der Waals surface area (Å²) in [5, 5.41) is 28.9. The molecule has 0 radical (unpaired) electrons. The average molecular weight is 395 g/mol. The van der Waals surface area contributed by atoms with Gasteiger partial charge in [0.25, 0.3) is 0 Å². The normalized spacial score (nSPS) is 37.1. The van der Waals surface area contributed by atoms with Gasteiger partial charge in [0, 0.05) is 6.08 Å². The van der Waals surface area contributed by atoms with Gasteiger partial charge in [-0.2, -0.15) is 0 Å². The van der Waals surface area contributed by atoms with E-state index in [1.807, 2.05) is 6.92 Å². The van der Waals surface area contributed by atoms with Crippen LogP contribution in [0.4, 0.5) is 0 Å². The van der Waals surface area contributed by atoms with E-state index < -0.39 is 18.7 Å². The fourth-order valence-electron chi connectivity index (χ4n) is 5.44. The minimum Gasteiger partial charge on any atom is -0.460 e. The highest BCUT2D eigenvalue weighted by Gasteiger charge is 2.55. The van der Waals surface area contributed by atoms with Crippen molar-refractivity contribution in [1.29, 1.82) is 0 Å². The molecule has 0 amide bonds. The number of allylic oxidation sites excluding steroid dienone is 3. The van der Waals surface area contributed by atoms with Gasteiger partial charge in [-0.25, -0.2) is 4.79 Å². The van der Waals surface area contributed by atoms with Gasteiger partial charge in [0.05, 0.1) is 12.7 Å². The van der Waals surface area contributed by atoms with Crippen LogP contribution in [0.2, 0.25) is 0 Å². The van der Waals surface area contributed by atoms with Crippen molar-refractivity contribution < 1.29 is 24.9 Å². The van der Waals surface area contributed by atoms with Crippen LogP contribution in [0, 0.1) is 22.7 Å². The third-order valence-electron chi connectivity index (χ3n) is 7.67. The van der Waals surface area contributed by atoms with E-state index in [0.29, 0.717) is 5.92 Å². The molecule has 0 aliphatic heterocycles. The van der Waals surface area contributed by atoms with Gasteiger partial charge in [0.15, 0.2) is 0 Å². The van der Waals surface area contributed by atoms with Crippen molar-refractivity contribution in [1.82, 2.24) is 0 Å². The zero-order valence-electron chi connectivity index (χ0n) is 18.1. The van der Waals surface area contributed by atoms with Crippen molar-refractivity contribution >= 4 is 5.97 Å². The van der Waals surface area contributed by atoms with Gasteiger partial charge in [-0.15, -0.1) is 0 Å². The Morgan fingerprint density at radius 3 is 2.75 bits per heavy atom. The molecule has 1 saturated carbocycles. The summed E-state index contributed by atoms with van der Waals surface area (Å²) in [7, 11) is 0. The summed E-state index contributed by atoms with van der Waals surface area (Å²) >= 11 is 0. The molecule has 2 aliphatic carbocycles. The van der Waals surface area contributed by atoms with Gasteiger partial charge in [-0.3, -0.25) is 0 Å². The number of aliphatic hydroxyl groups is 3. The molecule has 0 aromatic carbocycles. The molecule has 5 heteroatoms. The molecule has 2 aliphatic rings. The summed E-state index contributed by atoms with van der Waals surface area (Å²) in [6, 6.07) is 0. The van der Waals surface area contributed by atoms with Crippen LogP contribution in [-0.4, -0.2) is 46.7 Å². The van der Waals surface area contributed by atoms with E-state index in [4.69, 9.17) is 9.84 Å². The maximum absolute atomic E-state index is 11.9. The number of carbonyl (C=O) groups is 1. The maximum Gasteiger partial charge on any atom is 0.330 e. The van der Waals surface area contributed by atoms with Crippen LogP contribution in [-0.2, 0) is 9.53 Å². The minimum absolute atomic E-state index is 0.00593. The zero-order valence-corrected chi connectivity index (χ0v) is 18.1. The lowest BCUT2D eigenvalue weighted by atomic mass is 9.46. The Balaban J connectivity index is 2.09. The first-order valence-electron chi connectivity index (χ1n) is 10.5. The molecule has 160 valence electrons. The SMILES string of the molecule is CC(=CC(=O)OCC(O)CO)CCC1(C)C(C)C(O)CC2(C)C(C)=CCCC21. The summed E-state index contributed by atoms with van der Waals surface area (Å²) in [6.45, 7) is 10.3. The second-order valence-corrected chi connectivity index (χ2v) is 9.46. The van der Waals surface area contributed by atoms with Crippen molar-refractivity contribution in [3.8, 4) is 0 Å². The van der Waals surface area contributed by atoms with E-state index in [1.54, 1.807) is 0 Å². The largest absolute Gasteiger partial charge is 0.460 e. The Morgan fingerprint density at radius 2 is 2.11 bits per heavy atom. The second-order valence-electron chi connectivity index (χ2n) is 9.46. The van der Waals surface area contributed by atoms with E-state index in [0.717, 1.165) is 37.7 Å². The van der Waals surface area contributed by atoms with Crippen molar-refractivity contribution in [2.75, 3.05) is 13.2 Å². The zero-order chi connectivity index (χ0) is 21.1. The highest BCUT2D eigenvalue weighted by atomic mass is 16.5. The van der Waals surface area contributed by atoms with Gasteiger partial charge in [-0.05, 0) is 68.6 Å². The molecule has 5 nitrogen and oxygen atoms in total. The lowest BCUT2D eigenvalue weighted by Gasteiger charge is -2.59. The van der Waals surface area contributed by atoms with E-state index in [-0.39, 0.29) is 29.5 Å². The van der Waals surface area contributed by atoms with Crippen LogP contribution in [0.15, 0.2) is 23.3 Å². The molecule has 6 atom stereocenters.